The summed E-state index contributed by atoms with van der Waals surface area (Å²) in [6, 6.07) is 13.4. The quantitative estimate of drug-likeness (QED) is 0.630. The lowest BCUT2D eigenvalue weighted by molar-refractivity contribution is 1.41. The largest absolute Gasteiger partial charge is 0.0885 e. The summed E-state index contributed by atoms with van der Waals surface area (Å²) < 4.78 is 0. The number of benzene rings is 2. The molecule has 0 N–H and O–H groups in total. The number of halogens is 3. The van der Waals surface area contributed by atoms with Gasteiger partial charge >= 0.3 is 0 Å². The third kappa shape index (κ3) is 2.86. The molecule has 0 aromatic heterocycles. The molecule has 0 amide bonds. The van der Waals surface area contributed by atoms with Crippen LogP contribution in [0, 0.1) is 0 Å². The van der Waals surface area contributed by atoms with Crippen LogP contribution in [-0.4, -0.2) is 0 Å². The average Bonchev–Trinajstić information content (AvgIpc) is 2.27. The zero-order chi connectivity index (χ0) is 11.5. The Morgan fingerprint density at radius 1 is 0.750 bits per heavy atom. The molecule has 0 heterocycles. The van der Waals surface area contributed by atoms with E-state index in [2.05, 4.69) is 0 Å². The summed E-state index contributed by atoms with van der Waals surface area (Å²) in [4.78, 5) is 2.02. The predicted molar refractivity (Wildman–Crippen MR) is 72.0 cm³/mol. The standard InChI is InChI=1S/C12H7Cl3S/c13-9-6-11(15)12(7-10(9)14)16-8-4-2-1-3-5-8/h1-7H. The maximum atomic E-state index is 6.09. The Morgan fingerprint density at radius 3 is 2.06 bits per heavy atom. The van der Waals surface area contributed by atoms with E-state index < -0.39 is 0 Å². The van der Waals surface area contributed by atoms with E-state index in [4.69, 9.17) is 34.8 Å². The maximum Gasteiger partial charge on any atom is 0.0607 e. The molecule has 0 bridgehead atoms. The zero-order valence-electron chi connectivity index (χ0n) is 8.08. The fourth-order valence-corrected chi connectivity index (χ4v) is 2.81. The van der Waals surface area contributed by atoms with Gasteiger partial charge in [0.1, 0.15) is 0 Å². The third-order valence-corrected chi connectivity index (χ3v) is 4.16. The minimum absolute atomic E-state index is 0.476. The molecule has 0 spiro atoms. The first-order chi connectivity index (χ1) is 7.66. The first-order valence-electron chi connectivity index (χ1n) is 4.54. The molecule has 2 aromatic rings. The molecular weight excluding hydrogens is 283 g/mol. The normalized spacial score (nSPS) is 10.4. The van der Waals surface area contributed by atoms with E-state index >= 15 is 0 Å². The summed E-state index contributed by atoms with van der Waals surface area (Å²) in [6.45, 7) is 0. The molecule has 0 unspecified atom stereocenters. The second-order valence-electron chi connectivity index (χ2n) is 3.11. The topological polar surface area (TPSA) is 0 Å². The van der Waals surface area contributed by atoms with Crippen molar-refractivity contribution in [1.29, 1.82) is 0 Å². The first-order valence-corrected chi connectivity index (χ1v) is 6.49. The highest BCUT2D eigenvalue weighted by Crippen LogP contribution is 2.37. The summed E-state index contributed by atoms with van der Waals surface area (Å²) in [5.74, 6) is 0. The molecule has 2 rings (SSSR count). The van der Waals surface area contributed by atoms with Gasteiger partial charge in [-0.15, -0.1) is 0 Å². The van der Waals surface area contributed by atoms with Gasteiger partial charge in [0.2, 0.25) is 0 Å². The molecule has 0 fully saturated rings. The van der Waals surface area contributed by atoms with Crippen molar-refractivity contribution in [1.82, 2.24) is 0 Å². The van der Waals surface area contributed by atoms with E-state index in [9.17, 15) is 0 Å². The maximum absolute atomic E-state index is 6.09. The van der Waals surface area contributed by atoms with E-state index in [0.29, 0.717) is 15.1 Å². The molecule has 82 valence electrons. The van der Waals surface area contributed by atoms with Crippen molar-refractivity contribution in [2.75, 3.05) is 0 Å². The lowest BCUT2D eigenvalue weighted by Gasteiger charge is -2.05. The smallest absolute Gasteiger partial charge is 0.0607 e. The van der Waals surface area contributed by atoms with Crippen molar-refractivity contribution in [2.24, 2.45) is 0 Å². The van der Waals surface area contributed by atoms with Crippen LogP contribution < -0.4 is 0 Å². The van der Waals surface area contributed by atoms with Crippen LogP contribution >= 0.6 is 46.6 Å². The lowest BCUT2D eigenvalue weighted by Crippen LogP contribution is -1.77. The van der Waals surface area contributed by atoms with Crippen LogP contribution in [-0.2, 0) is 0 Å². The van der Waals surface area contributed by atoms with Crippen molar-refractivity contribution in [3.8, 4) is 0 Å². The van der Waals surface area contributed by atoms with Crippen LogP contribution in [0.2, 0.25) is 15.1 Å². The fourth-order valence-electron chi connectivity index (χ4n) is 1.20. The summed E-state index contributed by atoms with van der Waals surface area (Å²) in [7, 11) is 0. The summed E-state index contributed by atoms with van der Waals surface area (Å²) in [6.07, 6.45) is 0. The Morgan fingerprint density at radius 2 is 1.38 bits per heavy atom. The van der Waals surface area contributed by atoms with Crippen LogP contribution in [0.15, 0.2) is 52.3 Å². The predicted octanol–water partition coefficient (Wildman–Crippen LogP) is 5.80. The van der Waals surface area contributed by atoms with Gasteiger partial charge in [0.05, 0.1) is 15.1 Å². The van der Waals surface area contributed by atoms with Gasteiger partial charge < -0.3 is 0 Å². The molecular formula is C12H7Cl3S. The minimum Gasteiger partial charge on any atom is -0.0885 e. The highest BCUT2D eigenvalue weighted by atomic mass is 35.5. The Labute approximate surface area is 114 Å². The Balaban J connectivity index is 2.32. The first kappa shape index (κ1) is 12.1. The molecule has 16 heavy (non-hydrogen) atoms. The van der Waals surface area contributed by atoms with Gasteiger partial charge in [-0.2, -0.15) is 0 Å². The van der Waals surface area contributed by atoms with Gasteiger partial charge in [-0.3, -0.25) is 0 Å². The monoisotopic (exact) mass is 288 g/mol. The van der Waals surface area contributed by atoms with E-state index in [1.807, 2.05) is 30.3 Å². The van der Waals surface area contributed by atoms with E-state index in [0.717, 1.165) is 9.79 Å². The van der Waals surface area contributed by atoms with Gasteiger partial charge in [-0.1, -0.05) is 64.8 Å². The Bertz CT molecular complexity index is 497. The molecule has 0 nitrogen and oxygen atoms in total. The Kier molecular flexibility index (Phi) is 4.04. The van der Waals surface area contributed by atoms with Crippen LogP contribution in [0.3, 0.4) is 0 Å². The summed E-state index contributed by atoms with van der Waals surface area (Å²) in [5.41, 5.74) is 0. The Hall–Kier alpha value is -0.340. The molecule has 4 heteroatoms. The van der Waals surface area contributed by atoms with Crippen LogP contribution in [0.25, 0.3) is 0 Å². The highest BCUT2D eigenvalue weighted by molar-refractivity contribution is 7.99. The molecule has 0 aliphatic carbocycles. The number of hydrogen-bond donors (Lipinski definition) is 0. The minimum atomic E-state index is 0.476. The summed E-state index contributed by atoms with van der Waals surface area (Å²) >= 11 is 19.5. The molecule has 0 aliphatic heterocycles. The van der Waals surface area contributed by atoms with E-state index in [-0.39, 0.29) is 0 Å². The van der Waals surface area contributed by atoms with Gasteiger partial charge in [0.15, 0.2) is 0 Å². The van der Waals surface area contributed by atoms with Gasteiger partial charge in [0.25, 0.3) is 0 Å². The summed E-state index contributed by atoms with van der Waals surface area (Å²) in [5, 5.41) is 1.61. The lowest BCUT2D eigenvalue weighted by atomic mass is 10.3. The molecule has 0 atom stereocenters. The molecule has 0 aliphatic rings. The third-order valence-electron chi connectivity index (χ3n) is 1.95. The molecule has 2 aromatic carbocycles. The molecule has 0 radical (unpaired) electrons. The average molecular weight is 290 g/mol. The van der Waals surface area contributed by atoms with Gasteiger partial charge in [-0.25, -0.2) is 0 Å². The van der Waals surface area contributed by atoms with E-state index in [1.165, 1.54) is 0 Å². The molecule has 0 saturated carbocycles. The van der Waals surface area contributed by atoms with Gasteiger partial charge in [-0.05, 0) is 24.3 Å². The van der Waals surface area contributed by atoms with E-state index in [1.54, 1.807) is 23.9 Å². The molecule has 0 saturated heterocycles. The fraction of sp³-hybridized carbons (Fsp3) is 0. The van der Waals surface area contributed by atoms with Crippen molar-refractivity contribution < 1.29 is 0 Å². The number of hydrogen-bond acceptors (Lipinski definition) is 1. The van der Waals surface area contributed by atoms with Crippen LogP contribution in [0.4, 0.5) is 0 Å². The second kappa shape index (κ2) is 5.33. The van der Waals surface area contributed by atoms with Gasteiger partial charge in [0, 0.05) is 9.79 Å². The number of rotatable bonds is 2. The second-order valence-corrected chi connectivity index (χ2v) is 5.45. The SMILES string of the molecule is Clc1cc(Cl)c(Sc2ccccc2)cc1Cl. The van der Waals surface area contributed by atoms with Crippen molar-refractivity contribution in [3.63, 3.8) is 0 Å². The van der Waals surface area contributed by atoms with Crippen molar-refractivity contribution >= 4 is 46.6 Å². The van der Waals surface area contributed by atoms with Crippen molar-refractivity contribution in [2.45, 2.75) is 9.79 Å². The van der Waals surface area contributed by atoms with Crippen molar-refractivity contribution in [3.05, 3.63) is 57.5 Å². The van der Waals surface area contributed by atoms with Crippen LogP contribution in [0.5, 0.6) is 0 Å². The zero-order valence-corrected chi connectivity index (χ0v) is 11.2. The van der Waals surface area contributed by atoms with Crippen LogP contribution in [0.1, 0.15) is 0 Å². The highest BCUT2D eigenvalue weighted by Gasteiger charge is 2.07.